The van der Waals surface area contributed by atoms with Crippen LogP contribution >= 0.6 is 12.4 Å². The standard InChI is InChI=1S/C17H21N3O4S.ClH/c18-17-11-12(17)7-3-1-2-4-10-15(21)19-13-8-5-6-9-14(13)25(23,24)20-16(17)22;/h3,5-9,12H,1-2,4,10-11,18H2,(H,19,21)(H,20,22);1H/t12-,17-;/m1./s1. The van der Waals surface area contributed by atoms with Crippen molar-refractivity contribution in [1.82, 2.24) is 4.72 Å². The lowest BCUT2D eigenvalue weighted by Gasteiger charge is -2.15. The number of amides is 2. The van der Waals surface area contributed by atoms with Crippen molar-refractivity contribution in [2.24, 2.45) is 11.7 Å². The number of fused-ring (bicyclic) bond motifs is 2. The molecule has 2 amide bonds. The fraction of sp³-hybridized carbons (Fsp3) is 0.412. The van der Waals surface area contributed by atoms with Crippen molar-refractivity contribution in [2.45, 2.75) is 42.5 Å². The molecule has 0 bridgehead atoms. The van der Waals surface area contributed by atoms with Gasteiger partial charge in [-0.3, -0.25) is 9.59 Å². The Morgan fingerprint density at radius 2 is 1.88 bits per heavy atom. The van der Waals surface area contributed by atoms with E-state index in [1.54, 1.807) is 6.07 Å². The van der Waals surface area contributed by atoms with Gasteiger partial charge in [-0.2, -0.15) is 0 Å². The zero-order valence-corrected chi connectivity index (χ0v) is 15.7. The van der Waals surface area contributed by atoms with Crippen molar-refractivity contribution in [3.05, 3.63) is 36.4 Å². The number of para-hydroxylation sites is 1. The number of nitrogens with two attached hydrogens (primary N) is 1. The lowest BCUT2D eigenvalue weighted by molar-refractivity contribution is -0.121. The van der Waals surface area contributed by atoms with Crippen LogP contribution in [0.5, 0.6) is 0 Å². The number of carbonyl (C=O) groups excluding carboxylic acids is 2. The number of halogens is 1. The number of anilines is 1. The minimum atomic E-state index is -4.13. The molecule has 1 aromatic carbocycles. The van der Waals surface area contributed by atoms with E-state index in [-0.39, 0.29) is 34.8 Å². The Hall–Kier alpha value is -1.90. The van der Waals surface area contributed by atoms with E-state index < -0.39 is 21.5 Å². The fourth-order valence-corrected chi connectivity index (χ4v) is 4.11. The third kappa shape index (κ3) is 4.25. The number of rotatable bonds is 0. The summed E-state index contributed by atoms with van der Waals surface area (Å²) in [6.45, 7) is 0. The summed E-state index contributed by atoms with van der Waals surface area (Å²) in [5.74, 6) is -1.15. The van der Waals surface area contributed by atoms with E-state index in [1.165, 1.54) is 18.2 Å². The van der Waals surface area contributed by atoms with Crippen LogP contribution in [0.2, 0.25) is 0 Å². The summed E-state index contributed by atoms with van der Waals surface area (Å²) in [7, 11) is -4.13. The molecule has 142 valence electrons. The van der Waals surface area contributed by atoms with Crippen LogP contribution in [0.3, 0.4) is 0 Å². The molecule has 2 atom stereocenters. The van der Waals surface area contributed by atoms with Crippen LogP contribution in [0.1, 0.15) is 32.1 Å². The Kier molecular flexibility index (Phi) is 6.10. The molecule has 1 aliphatic carbocycles. The summed E-state index contributed by atoms with van der Waals surface area (Å²) < 4.78 is 27.2. The molecule has 1 aliphatic heterocycles. The maximum Gasteiger partial charge on any atom is 0.266 e. The van der Waals surface area contributed by atoms with E-state index in [0.29, 0.717) is 19.3 Å². The second-order valence-electron chi connectivity index (χ2n) is 6.50. The van der Waals surface area contributed by atoms with Gasteiger partial charge in [-0.15, -0.1) is 12.4 Å². The molecule has 1 heterocycles. The van der Waals surface area contributed by atoms with Crippen molar-refractivity contribution in [3.63, 3.8) is 0 Å². The molecule has 26 heavy (non-hydrogen) atoms. The van der Waals surface area contributed by atoms with Crippen LogP contribution in [0.25, 0.3) is 0 Å². The molecule has 0 spiro atoms. The highest BCUT2D eigenvalue weighted by Crippen LogP contribution is 2.42. The topological polar surface area (TPSA) is 118 Å². The zero-order valence-electron chi connectivity index (χ0n) is 14.1. The molecule has 1 saturated carbocycles. The smallest absolute Gasteiger partial charge is 0.266 e. The van der Waals surface area contributed by atoms with Crippen LogP contribution in [0.4, 0.5) is 5.69 Å². The molecule has 4 N–H and O–H groups in total. The van der Waals surface area contributed by atoms with Gasteiger partial charge in [0.05, 0.1) is 5.69 Å². The predicted molar refractivity (Wildman–Crippen MR) is 100 cm³/mol. The molecule has 2 aliphatic rings. The van der Waals surface area contributed by atoms with Crippen molar-refractivity contribution in [2.75, 3.05) is 5.32 Å². The minimum absolute atomic E-state index is 0. The number of hydrogen-bond acceptors (Lipinski definition) is 5. The molecule has 0 aromatic heterocycles. The second kappa shape index (κ2) is 7.77. The highest BCUT2D eigenvalue weighted by molar-refractivity contribution is 7.90. The van der Waals surface area contributed by atoms with Gasteiger partial charge in [0.15, 0.2) is 0 Å². The summed E-state index contributed by atoms with van der Waals surface area (Å²) in [5.41, 5.74) is 5.00. The predicted octanol–water partition coefficient (Wildman–Crippen LogP) is 1.70. The molecule has 1 aromatic rings. The first-order valence-corrected chi connectivity index (χ1v) is 9.73. The van der Waals surface area contributed by atoms with Gasteiger partial charge in [-0.05, 0) is 37.8 Å². The minimum Gasteiger partial charge on any atom is -0.325 e. The summed E-state index contributed by atoms with van der Waals surface area (Å²) in [6, 6.07) is 5.99. The van der Waals surface area contributed by atoms with Gasteiger partial charge >= 0.3 is 0 Å². The Bertz CT molecular complexity index is 840. The number of nitrogens with one attached hydrogen (secondary N) is 2. The number of allylic oxidation sites excluding steroid dienone is 1. The molecule has 0 unspecified atom stereocenters. The molecular formula is C17H22ClN3O4S. The Balaban J connectivity index is 0.00000243. The van der Waals surface area contributed by atoms with Gasteiger partial charge < -0.3 is 11.1 Å². The molecule has 0 saturated heterocycles. The SMILES string of the molecule is Cl.N[C@]12C[C@H]1C=CCCCCC(=O)Nc1ccccc1S(=O)(=O)NC2=O. The molecule has 9 heteroatoms. The van der Waals surface area contributed by atoms with E-state index in [9.17, 15) is 18.0 Å². The van der Waals surface area contributed by atoms with Crippen LogP contribution < -0.4 is 15.8 Å². The normalized spacial score (nSPS) is 28.1. The molecular weight excluding hydrogens is 378 g/mol. The summed E-state index contributed by atoms with van der Waals surface area (Å²) in [6.07, 6.45) is 6.84. The van der Waals surface area contributed by atoms with E-state index in [4.69, 9.17) is 5.73 Å². The van der Waals surface area contributed by atoms with Gasteiger partial charge in [0, 0.05) is 12.3 Å². The van der Waals surface area contributed by atoms with Gasteiger partial charge in [-0.1, -0.05) is 24.3 Å². The molecule has 1 fully saturated rings. The summed E-state index contributed by atoms with van der Waals surface area (Å²) in [5, 5.41) is 2.61. The molecule has 3 rings (SSSR count). The number of sulfonamides is 1. The zero-order chi connectivity index (χ0) is 18.1. The second-order valence-corrected chi connectivity index (χ2v) is 8.15. The van der Waals surface area contributed by atoms with Crippen LogP contribution in [0, 0.1) is 5.92 Å². The van der Waals surface area contributed by atoms with Crippen LogP contribution in [-0.2, 0) is 19.6 Å². The first-order valence-electron chi connectivity index (χ1n) is 8.24. The average molecular weight is 400 g/mol. The average Bonchev–Trinajstić information content (AvgIpc) is 3.22. The van der Waals surface area contributed by atoms with E-state index >= 15 is 0 Å². The van der Waals surface area contributed by atoms with E-state index in [1.807, 2.05) is 12.2 Å². The summed E-state index contributed by atoms with van der Waals surface area (Å²) >= 11 is 0. The quantitative estimate of drug-likeness (QED) is 0.574. The summed E-state index contributed by atoms with van der Waals surface area (Å²) in [4.78, 5) is 24.3. The van der Waals surface area contributed by atoms with Crippen molar-refractivity contribution < 1.29 is 18.0 Å². The fourth-order valence-electron chi connectivity index (χ4n) is 2.90. The molecule has 7 nitrogen and oxygen atoms in total. The third-order valence-corrected chi connectivity index (χ3v) is 5.94. The lowest BCUT2D eigenvalue weighted by atomic mass is 10.1. The maximum atomic E-state index is 12.6. The van der Waals surface area contributed by atoms with Crippen molar-refractivity contribution in [3.8, 4) is 0 Å². The third-order valence-electron chi connectivity index (χ3n) is 4.55. The van der Waals surface area contributed by atoms with Gasteiger partial charge in [0.25, 0.3) is 15.9 Å². The largest absolute Gasteiger partial charge is 0.325 e. The van der Waals surface area contributed by atoms with Gasteiger partial charge in [-0.25, -0.2) is 13.1 Å². The first kappa shape index (κ1) is 20.4. The Labute approximate surface area is 158 Å². The number of carbonyl (C=O) groups is 2. The van der Waals surface area contributed by atoms with Crippen LogP contribution in [-0.4, -0.2) is 25.8 Å². The lowest BCUT2D eigenvalue weighted by Crippen LogP contribution is -2.46. The highest BCUT2D eigenvalue weighted by Gasteiger charge is 2.56. The number of benzene rings is 1. The highest BCUT2D eigenvalue weighted by atomic mass is 35.5. The van der Waals surface area contributed by atoms with Crippen molar-refractivity contribution in [1.29, 1.82) is 0 Å². The number of hydrogen-bond donors (Lipinski definition) is 3. The van der Waals surface area contributed by atoms with E-state index in [0.717, 1.165) is 12.8 Å². The Morgan fingerprint density at radius 1 is 1.15 bits per heavy atom. The van der Waals surface area contributed by atoms with Crippen molar-refractivity contribution >= 4 is 39.9 Å². The van der Waals surface area contributed by atoms with E-state index in [2.05, 4.69) is 10.0 Å². The first-order chi connectivity index (χ1) is 11.8. The van der Waals surface area contributed by atoms with Gasteiger partial charge in [0.2, 0.25) is 5.91 Å². The molecule has 0 radical (unpaired) electrons. The Morgan fingerprint density at radius 3 is 2.65 bits per heavy atom. The van der Waals surface area contributed by atoms with Crippen LogP contribution in [0.15, 0.2) is 41.3 Å². The monoisotopic (exact) mass is 399 g/mol. The van der Waals surface area contributed by atoms with Gasteiger partial charge in [0.1, 0.15) is 10.4 Å². The maximum absolute atomic E-state index is 12.6.